The quantitative estimate of drug-likeness (QED) is 0.538. The number of amides is 1. The maximum atomic E-state index is 12.5. The lowest BCUT2D eigenvalue weighted by Gasteiger charge is -2.40. The van der Waals surface area contributed by atoms with Gasteiger partial charge in [-0.2, -0.15) is 0 Å². The first-order chi connectivity index (χ1) is 15.4. The van der Waals surface area contributed by atoms with Crippen LogP contribution < -0.4 is 10.2 Å². The van der Waals surface area contributed by atoms with Crippen LogP contribution in [0.5, 0.6) is 0 Å². The highest BCUT2D eigenvalue weighted by atomic mass is 16.5. The molecule has 1 heterocycles. The molecule has 0 fully saturated rings. The van der Waals surface area contributed by atoms with E-state index < -0.39 is 0 Å². The lowest BCUT2D eigenvalue weighted by molar-refractivity contribution is -0.117. The number of carbonyl (C=O) groups is 2. The van der Waals surface area contributed by atoms with Gasteiger partial charge in [-0.1, -0.05) is 48.0 Å². The number of aryl methyl sites for hydroxylation is 1. The number of carbonyl (C=O) groups excluding carboxylic acids is 2. The largest absolute Gasteiger partial charge is 0.465 e. The van der Waals surface area contributed by atoms with Crippen LogP contribution in [-0.2, 0) is 9.53 Å². The fraction of sp³-hybridized carbons (Fsp3) is 0.259. The monoisotopic (exact) mass is 428 g/mol. The lowest BCUT2D eigenvalue weighted by atomic mass is 9.88. The maximum absolute atomic E-state index is 12.5. The van der Waals surface area contributed by atoms with Crippen molar-refractivity contribution in [2.24, 2.45) is 0 Å². The summed E-state index contributed by atoms with van der Waals surface area (Å²) in [6, 6.07) is 22.0. The lowest BCUT2D eigenvalue weighted by Crippen LogP contribution is -2.43. The van der Waals surface area contributed by atoms with Gasteiger partial charge in [-0.15, -0.1) is 0 Å². The number of esters is 1. The Balaban J connectivity index is 1.80. The average molecular weight is 429 g/mol. The number of para-hydroxylation sites is 1. The van der Waals surface area contributed by atoms with E-state index in [4.69, 9.17) is 4.74 Å². The van der Waals surface area contributed by atoms with Gasteiger partial charge in [-0.3, -0.25) is 4.79 Å². The summed E-state index contributed by atoms with van der Waals surface area (Å²) in [5.74, 6) is -0.355. The van der Waals surface area contributed by atoms with Gasteiger partial charge in [0, 0.05) is 24.3 Å². The zero-order chi connectivity index (χ0) is 22.8. The van der Waals surface area contributed by atoms with Crippen LogP contribution in [0.4, 0.5) is 11.4 Å². The number of nitrogens with one attached hydrogen (secondary N) is 1. The van der Waals surface area contributed by atoms with E-state index in [9.17, 15) is 9.59 Å². The summed E-state index contributed by atoms with van der Waals surface area (Å²) in [6.45, 7) is 5.74. The molecule has 0 saturated heterocycles. The molecule has 4 rings (SSSR count). The minimum atomic E-state index is -0.379. The van der Waals surface area contributed by atoms with Crippen LogP contribution in [0.15, 0.2) is 66.7 Å². The number of hydrogen-bond acceptors (Lipinski definition) is 4. The summed E-state index contributed by atoms with van der Waals surface area (Å²) in [7, 11) is 1.38. The summed E-state index contributed by atoms with van der Waals surface area (Å²) < 4.78 is 4.96. The molecule has 1 N–H and O–H groups in total. The molecule has 32 heavy (non-hydrogen) atoms. The zero-order valence-corrected chi connectivity index (χ0v) is 18.9. The molecule has 0 aromatic heterocycles. The molecule has 5 nitrogen and oxygen atoms in total. The number of nitrogens with zero attached hydrogens (tertiary/aromatic N) is 1. The van der Waals surface area contributed by atoms with Gasteiger partial charge in [-0.25, -0.2) is 4.79 Å². The topological polar surface area (TPSA) is 58.6 Å². The van der Waals surface area contributed by atoms with Crippen molar-refractivity contribution in [3.8, 4) is 11.1 Å². The molecule has 2 atom stereocenters. The minimum Gasteiger partial charge on any atom is -0.465 e. The molecule has 1 aliphatic rings. The van der Waals surface area contributed by atoms with Gasteiger partial charge in [0.25, 0.3) is 0 Å². The highest BCUT2D eigenvalue weighted by Crippen LogP contribution is 2.41. The van der Waals surface area contributed by atoms with Crippen molar-refractivity contribution in [3.63, 3.8) is 0 Å². The molecule has 1 aliphatic heterocycles. The van der Waals surface area contributed by atoms with Gasteiger partial charge in [0.1, 0.15) is 0 Å². The average Bonchev–Trinajstić information content (AvgIpc) is 2.78. The summed E-state index contributed by atoms with van der Waals surface area (Å²) in [4.78, 5) is 26.6. The first-order valence-electron chi connectivity index (χ1n) is 10.8. The van der Waals surface area contributed by atoms with Crippen molar-refractivity contribution in [3.05, 3.63) is 83.4 Å². The Kier molecular flexibility index (Phi) is 5.99. The number of methoxy groups -OCH3 is 1. The van der Waals surface area contributed by atoms with Crippen molar-refractivity contribution >= 4 is 23.3 Å². The summed E-state index contributed by atoms with van der Waals surface area (Å²) in [5.41, 5.74) is 6.58. The van der Waals surface area contributed by atoms with E-state index in [-0.39, 0.29) is 24.0 Å². The summed E-state index contributed by atoms with van der Waals surface area (Å²) in [6.07, 6.45) is 0.722. The predicted molar refractivity (Wildman–Crippen MR) is 128 cm³/mol. The molecule has 0 saturated carbocycles. The van der Waals surface area contributed by atoms with Crippen LogP contribution >= 0.6 is 0 Å². The number of rotatable bonds is 4. The molecule has 3 aromatic rings. The van der Waals surface area contributed by atoms with Crippen LogP contribution in [0.2, 0.25) is 0 Å². The number of hydrogen-bond donors (Lipinski definition) is 1. The standard InChI is InChI=1S/C27H28N2O3/c1-17-8-7-9-20(14-17)21-12-13-26-23(16-21)25(15-18(2)29(26)19(3)30)28-24-11-6-5-10-22(24)27(31)32-4/h5-14,16,18,25,28H,15H2,1-4H3/t18-,25+/m0/s1. The number of anilines is 2. The van der Waals surface area contributed by atoms with Gasteiger partial charge in [-0.05, 0) is 61.2 Å². The Labute approximate surface area is 189 Å². The van der Waals surface area contributed by atoms with Crippen molar-refractivity contribution in [1.29, 1.82) is 0 Å². The molecule has 164 valence electrons. The van der Waals surface area contributed by atoms with E-state index in [2.05, 4.69) is 55.6 Å². The second kappa shape index (κ2) is 8.87. The normalized spacial score (nSPS) is 17.4. The van der Waals surface area contributed by atoms with Crippen LogP contribution in [0.1, 0.15) is 47.8 Å². The Morgan fingerprint density at radius 2 is 1.75 bits per heavy atom. The SMILES string of the molecule is COC(=O)c1ccccc1N[C@@H]1C[C@H](C)N(C(C)=O)c2ccc(-c3cccc(C)c3)cc21. The molecule has 1 amide bonds. The smallest absolute Gasteiger partial charge is 0.339 e. The van der Waals surface area contributed by atoms with Gasteiger partial charge in [0.2, 0.25) is 5.91 Å². The Morgan fingerprint density at radius 1 is 1.00 bits per heavy atom. The van der Waals surface area contributed by atoms with E-state index in [1.165, 1.54) is 12.7 Å². The molecule has 0 bridgehead atoms. The van der Waals surface area contributed by atoms with Gasteiger partial charge < -0.3 is 15.0 Å². The number of ether oxygens (including phenoxy) is 1. The third-order valence-corrected chi connectivity index (χ3v) is 6.03. The summed E-state index contributed by atoms with van der Waals surface area (Å²) >= 11 is 0. The van der Waals surface area contributed by atoms with Crippen LogP contribution in [0.25, 0.3) is 11.1 Å². The van der Waals surface area contributed by atoms with Crippen molar-refractivity contribution < 1.29 is 14.3 Å². The second-order valence-electron chi connectivity index (χ2n) is 8.35. The number of benzene rings is 3. The van der Waals surface area contributed by atoms with E-state index in [1.54, 1.807) is 13.0 Å². The third kappa shape index (κ3) is 4.11. The van der Waals surface area contributed by atoms with Crippen molar-refractivity contribution in [2.75, 3.05) is 17.3 Å². The fourth-order valence-electron chi connectivity index (χ4n) is 4.57. The first-order valence-corrected chi connectivity index (χ1v) is 10.8. The van der Waals surface area contributed by atoms with Gasteiger partial charge in [0.05, 0.1) is 18.7 Å². The summed E-state index contributed by atoms with van der Waals surface area (Å²) in [5, 5.41) is 3.56. The van der Waals surface area contributed by atoms with Gasteiger partial charge >= 0.3 is 5.97 Å². The van der Waals surface area contributed by atoms with Crippen LogP contribution in [0.3, 0.4) is 0 Å². The molecule has 0 spiro atoms. The van der Waals surface area contributed by atoms with Gasteiger partial charge in [0.15, 0.2) is 0 Å². The van der Waals surface area contributed by atoms with E-state index in [0.717, 1.165) is 34.5 Å². The Morgan fingerprint density at radius 3 is 2.47 bits per heavy atom. The molecule has 3 aromatic carbocycles. The molecule has 0 unspecified atom stereocenters. The maximum Gasteiger partial charge on any atom is 0.339 e. The molecular formula is C27H28N2O3. The molecule has 0 aliphatic carbocycles. The molecule has 0 radical (unpaired) electrons. The zero-order valence-electron chi connectivity index (χ0n) is 18.9. The fourth-order valence-corrected chi connectivity index (χ4v) is 4.57. The molecule has 5 heteroatoms. The molecular weight excluding hydrogens is 400 g/mol. The van der Waals surface area contributed by atoms with Crippen LogP contribution in [-0.4, -0.2) is 25.0 Å². The van der Waals surface area contributed by atoms with E-state index >= 15 is 0 Å². The van der Waals surface area contributed by atoms with Crippen LogP contribution in [0, 0.1) is 6.92 Å². The van der Waals surface area contributed by atoms with E-state index in [0.29, 0.717) is 5.56 Å². The van der Waals surface area contributed by atoms with Crippen molar-refractivity contribution in [2.45, 2.75) is 39.3 Å². The highest BCUT2D eigenvalue weighted by molar-refractivity contribution is 5.96. The predicted octanol–water partition coefficient (Wildman–Crippen LogP) is 5.75. The second-order valence-corrected chi connectivity index (χ2v) is 8.35. The van der Waals surface area contributed by atoms with Crippen molar-refractivity contribution in [1.82, 2.24) is 0 Å². The Hall–Kier alpha value is -3.60. The third-order valence-electron chi connectivity index (χ3n) is 6.03. The number of fused-ring (bicyclic) bond motifs is 1. The first kappa shape index (κ1) is 21.6. The highest BCUT2D eigenvalue weighted by Gasteiger charge is 2.33. The Bertz CT molecular complexity index is 1170. The minimum absolute atomic E-state index is 0.0209. The van der Waals surface area contributed by atoms with E-state index in [1.807, 2.05) is 29.2 Å².